The van der Waals surface area contributed by atoms with Gasteiger partial charge in [-0.25, -0.2) is 9.97 Å². The summed E-state index contributed by atoms with van der Waals surface area (Å²) in [4.78, 5) is 25.1. The summed E-state index contributed by atoms with van der Waals surface area (Å²) in [6, 6.07) is 15.5. The van der Waals surface area contributed by atoms with Crippen LogP contribution in [0.25, 0.3) is 22.3 Å². The number of carbonyl (C=O) groups is 1. The number of benzene rings is 2. The third kappa shape index (κ3) is 3.19. The quantitative estimate of drug-likeness (QED) is 0.464. The summed E-state index contributed by atoms with van der Waals surface area (Å²) in [5.41, 5.74) is 12.7. The van der Waals surface area contributed by atoms with Gasteiger partial charge in [-0.15, -0.1) is 0 Å². The zero-order valence-electron chi connectivity index (χ0n) is 16.4. The normalized spacial score (nSPS) is 15.8. The molecule has 0 fully saturated rings. The largest absolute Gasteiger partial charge is 0.382 e. The fraction of sp³-hybridized carbons (Fsp3) is 0.174. The minimum Gasteiger partial charge on any atom is -0.382 e. The number of anilines is 1. The number of nitrogens with zero attached hydrogens (tertiary/aromatic N) is 2. The van der Waals surface area contributed by atoms with Gasteiger partial charge >= 0.3 is 0 Å². The van der Waals surface area contributed by atoms with Gasteiger partial charge in [0.15, 0.2) is 0 Å². The highest BCUT2D eigenvalue weighted by Crippen LogP contribution is 2.34. The lowest BCUT2D eigenvalue weighted by atomic mass is 9.91. The number of hydrogen-bond donors (Lipinski definition) is 3. The number of nitrogen functional groups attached to an aromatic ring is 1. The number of hydrogen-bond acceptors (Lipinski definition) is 4. The van der Waals surface area contributed by atoms with Gasteiger partial charge in [0.05, 0.1) is 16.8 Å². The van der Waals surface area contributed by atoms with Gasteiger partial charge in [0, 0.05) is 34.4 Å². The van der Waals surface area contributed by atoms with E-state index in [-0.39, 0.29) is 11.8 Å². The Labute approximate surface area is 178 Å². The van der Waals surface area contributed by atoms with Crippen molar-refractivity contribution in [2.45, 2.75) is 19.3 Å². The molecule has 4 aromatic rings. The molecule has 1 amide bonds. The minimum atomic E-state index is -0.0680. The third-order valence-corrected chi connectivity index (χ3v) is 5.85. The smallest absolute Gasteiger partial charge is 0.253 e. The lowest BCUT2D eigenvalue weighted by Gasteiger charge is -2.23. The first-order chi connectivity index (χ1) is 14.5. The van der Waals surface area contributed by atoms with Crippen molar-refractivity contribution in [3.63, 3.8) is 0 Å². The van der Waals surface area contributed by atoms with Crippen LogP contribution >= 0.6 is 11.6 Å². The average Bonchev–Trinajstić information content (AvgIpc) is 3.18. The first kappa shape index (κ1) is 18.6. The Balaban J connectivity index is 1.58. The van der Waals surface area contributed by atoms with Gasteiger partial charge in [0.1, 0.15) is 11.3 Å². The second kappa shape index (κ2) is 7.15. The van der Waals surface area contributed by atoms with E-state index < -0.39 is 0 Å². The van der Waals surface area contributed by atoms with Crippen LogP contribution < -0.4 is 11.1 Å². The summed E-state index contributed by atoms with van der Waals surface area (Å²) < 4.78 is 0. The summed E-state index contributed by atoms with van der Waals surface area (Å²) in [6.45, 7) is 2.42. The van der Waals surface area contributed by atoms with E-state index in [4.69, 9.17) is 17.3 Å². The molecule has 0 saturated heterocycles. The lowest BCUT2D eigenvalue weighted by molar-refractivity contribution is 0.0940. The Bertz CT molecular complexity index is 1280. The van der Waals surface area contributed by atoms with Crippen LogP contribution in [-0.4, -0.2) is 27.4 Å². The zero-order chi connectivity index (χ0) is 20.8. The number of aryl methyl sites for hydroxylation is 1. The molecule has 5 rings (SSSR count). The van der Waals surface area contributed by atoms with E-state index in [0.29, 0.717) is 34.2 Å². The van der Waals surface area contributed by atoms with Crippen LogP contribution in [0, 0.1) is 6.92 Å². The maximum absolute atomic E-state index is 12.5. The van der Waals surface area contributed by atoms with E-state index >= 15 is 0 Å². The number of aromatic amines is 1. The molecule has 0 radical (unpaired) electrons. The van der Waals surface area contributed by atoms with Gasteiger partial charge in [0.2, 0.25) is 0 Å². The second-order valence-corrected chi connectivity index (χ2v) is 8.05. The van der Waals surface area contributed by atoms with Gasteiger partial charge in [-0.1, -0.05) is 35.9 Å². The van der Waals surface area contributed by atoms with Crippen molar-refractivity contribution in [2.24, 2.45) is 0 Å². The van der Waals surface area contributed by atoms with Crippen LogP contribution in [0.1, 0.15) is 33.2 Å². The summed E-state index contributed by atoms with van der Waals surface area (Å²) >= 11 is 6.01. The van der Waals surface area contributed by atoms with Crippen LogP contribution in [0.2, 0.25) is 5.02 Å². The van der Waals surface area contributed by atoms with Gasteiger partial charge in [0.25, 0.3) is 5.91 Å². The van der Waals surface area contributed by atoms with E-state index in [0.717, 1.165) is 28.9 Å². The monoisotopic (exact) mass is 417 g/mol. The molecule has 150 valence electrons. The highest BCUT2D eigenvalue weighted by Gasteiger charge is 2.28. The number of H-pyrrole nitrogens is 1. The van der Waals surface area contributed by atoms with E-state index in [2.05, 4.69) is 20.3 Å². The number of nitrogens with two attached hydrogens (primary N) is 1. The maximum atomic E-state index is 12.5. The number of rotatable bonds is 3. The molecule has 2 aromatic carbocycles. The average molecular weight is 418 g/mol. The molecule has 4 N–H and O–H groups in total. The van der Waals surface area contributed by atoms with Crippen molar-refractivity contribution in [3.8, 4) is 11.3 Å². The third-order valence-electron chi connectivity index (χ3n) is 5.60. The van der Waals surface area contributed by atoms with Crippen molar-refractivity contribution < 1.29 is 4.79 Å². The van der Waals surface area contributed by atoms with Gasteiger partial charge in [-0.3, -0.25) is 4.79 Å². The standard InChI is InChI=1S/C23H20ClN5O/c1-12-22(25)29-21-16(3-2-4-18(21)27-12)19-10-17-20(28-19)14(11-26-23(17)30)9-13-5-7-15(24)8-6-13/h2-8,10,14,28H,9,11H2,1H3,(H2,25,29)(H,26,30). The van der Waals surface area contributed by atoms with E-state index in [1.165, 1.54) is 5.56 Å². The summed E-state index contributed by atoms with van der Waals surface area (Å²) in [5.74, 6) is 0.479. The Hall–Kier alpha value is -3.38. The summed E-state index contributed by atoms with van der Waals surface area (Å²) in [5, 5.41) is 3.72. The highest BCUT2D eigenvalue weighted by molar-refractivity contribution is 6.30. The predicted molar refractivity (Wildman–Crippen MR) is 119 cm³/mol. The molecule has 1 aliphatic heterocycles. The van der Waals surface area contributed by atoms with E-state index in [1.807, 2.05) is 55.5 Å². The van der Waals surface area contributed by atoms with Crippen LogP contribution in [-0.2, 0) is 6.42 Å². The second-order valence-electron chi connectivity index (χ2n) is 7.62. The van der Waals surface area contributed by atoms with Crippen molar-refractivity contribution in [3.05, 3.63) is 76.1 Å². The lowest BCUT2D eigenvalue weighted by Crippen LogP contribution is -2.35. The van der Waals surface area contributed by atoms with Crippen molar-refractivity contribution in [1.82, 2.24) is 20.3 Å². The molecule has 3 heterocycles. The van der Waals surface area contributed by atoms with E-state index in [9.17, 15) is 4.79 Å². The van der Waals surface area contributed by atoms with Crippen LogP contribution in [0.15, 0.2) is 48.5 Å². The maximum Gasteiger partial charge on any atom is 0.253 e. The summed E-state index contributed by atoms with van der Waals surface area (Å²) in [6.07, 6.45) is 0.798. The first-order valence-electron chi connectivity index (χ1n) is 9.78. The molecule has 1 atom stereocenters. The SMILES string of the molecule is Cc1nc2cccc(-c3cc4c([nH]3)C(Cc3ccc(Cl)cc3)CNC4=O)c2nc1N. The molecule has 0 aliphatic carbocycles. The molecule has 0 bridgehead atoms. The van der Waals surface area contributed by atoms with Gasteiger partial charge < -0.3 is 16.0 Å². The molecule has 1 unspecified atom stereocenters. The van der Waals surface area contributed by atoms with Gasteiger partial charge in [-0.05, 0) is 43.2 Å². The summed E-state index contributed by atoms with van der Waals surface area (Å²) in [7, 11) is 0. The Kier molecular flexibility index (Phi) is 4.44. The molecular formula is C23H20ClN5O. The van der Waals surface area contributed by atoms with Crippen LogP contribution in [0.3, 0.4) is 0 Å². The van der Waals surface area contributed by atoms with Crippen molar-refractivity contribution in [2.75, 3.05) is 12.3 Å². The molecule has 0 spiro atoms. The fourth-order valence-electron chi connectivity index (χ4n) is 4.01. The number of aromatic nitrogens is 3. The predicted octanol–water partition coefficient (Wildman–Crippen LogP) is 4.24. The number of nitrogens with one attached hydrogen (secondary N) is 2. The zero-order valence-corrected chi connectivity index (χ0v) is 17.1. The highest BCUT2D eigenvalue weighted by atomic mass is 35.5. The number of fused-ring (bicyclic) bond motifs is 2. The van der Waals surface area contributed by atoms with E-state index in [1.54, 1.807) is 0 Å². The minimum absolute atomic E-state index is 0.0680. The molecule has 6 nitrogen and oxygen atoms in total. The number of carbonyl (C=O) groups excluding carboxylic acids is 1. The van der Waals surface area contributed by atoms with Gasteiger partial charge in [-0.2, -0.15) is 0 Å². The Morgan fingerprint density at radius 1 is 1.13 bits per heavy atom. The molecular weight excluding hydrogens is 398 g/mol. The first-order valence-corrected chi connectivity index (χ1v) is 10.2. The Morgan fingerprint density at radius 2 is 1.93 bits per heavy atom. The van der Waals surface area contributed by atoms with Crippen molar-refractivity contribution in [1.29, 1.82) is 0 Å². The topological polar surface area (TPSA) is 96.7 Å². The molecule has 1 aliphatic rings. The molecule has 2 aromatic heterocycles. The molecule has 30 heavy (non-hydrogen) atoms. The van der Waals surface area contributed by atoms with Crippen LogP contribution in [0.5, 0.6) is 0 Å². The number of para-hydroxylation sites is 1. The Morgan fingerprint density at radius 3 is 2.73 bits per heavy atom. The number of halogens is 1. The molecule has 0 saturated carbocycles. The van der Waals surface area contributed by atoms with Crippen molar-refractivity contribution >= 4 is 34.4 Å². The molecule has 7 heteroatoms. The van der Waals surface area contributed by atoms with Crippen LogP contribution in [0.4, 0.5) is 5.82 Å². The fourth-order valence-corrected chi connectivity index (χ4v) is 4.14. The number of amides is 1.